The number of hydrogen-bond donors (Lipinski definition) is 2. The molecule has 4 heteroatoms. The van der Waals surface area contributed by atoms with Gasteiger partial charge in [-0.25, -0.2) is 0 Å². The van der Waals surface area contributed by atoms with Gasteiger partial charge in [-0.2, -0.15) is 0 Å². The van der Waals surface area contributed by atoms with Gasteiger partial charge < -0.3 is 14.9 Å². The Hall–Kier alpha value is -1.71. The monoisotopic (exact) mass is 224 g/mol. The third-order valence-corrected chi connectivity index (χ3v) is 2.13. The largest absolute Gasteiger partial charge is 0.504 e. The van der Waals surface area contributed by atoms with Crippen LogP contribution in [0.3, 0.4) is 0 Å². The van der Waals surface area contributed by atoms with Gasteiger partial charge in [0.2, 0.25) is 0 Å². The first-order chi connectivity index (χ1) is 7.63. The lowest BCUT2D eigenvalue weighted by Crippen LogP contribution is -2.01. The van der Waals surface area contributed by atoms with Crippen molar-refractivity contribution in [2.24, 2.45) is 0 Å². The predicted octanol–water partition coefficient (Wildman–Crippen LogP) is 2.20. The second-order valence-corrected chi connectivity index (χ2v) is 3.57. The van der Waals surface area contributed by atoms with Crippen molar-refractivity contribution in [1.82, 2.24) is 0 Å². The number of phenolic OH excluding ortho intramolecular Hbond substituents is 1. The summed E-state index contributed by atoms with van der Waals surface area (Å²) >= 11 is 0. The van der Waals surface area contributed by atoms with Crippen LogP contribution in [-0.2, 0) is 11.2 Å². The second kappa shape index (κ2) is 6.00. The second-order valence-electron chi connectivity index (χ2n) is 3.57. The van der Waals surface area contributed by atoms with Gasteiger partial charge in [0.15, 0.2) is 11.5 Å². The zero-order valence-electron chi connectivity index (χ0n) is 9.27. The number of aromatic hydroxyl groups is 1. The van der Waals surface area contributed by atoms with Crippen LogP contribution in [0.2, 0.25) is 0 Å². The maximum absolute atomic E-state index is 10.5. The molecule has 0 spiro atoms. The predicted molar refractivity (Wildman–Crippen MR) is 59.8 cm³/mol. The molecule has 0 amide bonds. The van der Waals surface area contributed by atoms with Crippen LogP contribution in [0.5, 0.6) is 11.5 Å². The van der Waals surface area contributed by atoms with E-state index in [4.69, 9.17) is 9.84 Å². The first-order valence-electron chi connectivity index (χ1n) is 5.30. The Morgan fingerprint density at radius 1 is 1.44 bits per heavy atom. The van der Waals surface area contributed by atoms with E-state index in [0.717, 1.165) is 12.8 Å². The van der Waals surface area contributed by atoms with Crippen LogP contribution in [0.25, 0.3) is 0 Å². The summed E-state index contributed by atoms with van der Waals surface area (Å²) in [5, 5.41) is 18.2. The van der Waals surface area contributed by atoms with Gasteiger partial charge in [-0.05, 0) is 24.1 Å². The molecule has 2 N–H and O–H groups in total. The van der Waals surface area contributed by atoms with Crippen molar-refractivity contribution in [2.45, 2.75) is 26.2 Å². The molecule has 0 radical (unpaired) electrons. The smallest absolute Gasteiger partial charge is 0.307 e. The fourth-order valence-electron chi connectivity index (χ4n) is 1.30. The molecule has 0 unspecified atom stereocenters. The molecule has 0 aromatic heterocycles. The summed E-state index contributed by atoms with van der Waals surface area (Å²) in [4.78, 5) is 10.5. The van der Waals surface area contributed by atoms with E-state index in [2.05, 4.69) is 6.92 Å². The summed E-state index contributed by atoms with van der Waals surface area (Å²) < 4.78 is 5.34. The molecule has 0 saturated heterocycles. The van der Waals surface area contributed by atoms with Crippen molar-refractivity contribution in [3.8, 4) is 11.5 Å². The van der Waals surface area contributed by atoms with Crippen LogP contribution >= 0.6 is 0 Å². The third kappa shape index (κ3) is 3.81. The zero-order valence-corrected chi connectivity index (χ0v) is 9.27. The third-order valence-electron chi connectivity index (χ3n) is 2.13. The van der Waals surface area contributed by atoms with Gasteiger partial charge in [-0.3, -0.25) is 4.79 Å². The first-order valence-corrected chi connectivity index (χ1v) is 5.30. The van der Waals surface area contributed by atoms with E-state index in [0.29, 0.717) is 17.9 Å². The highest BCUT2D eigenvalue weighted by Crippen LogP contribution is 2.27. The van der Waals surface area contributed by atoms with Crippen molar-refractivity contribution < 1.29 is 19.7 Å². The van der Waals surface area contributed by atoms with Crippen molar-refractivity contribution in [1.29, 1.82) is 0 Å². The molecule has 0 bridgehead atoms. The summed E-state index contributed by atoms with van der Waals surface area (Å²) in [7, 11) is 0. The average molecular weight is 224 g/mol. The molecule has 1 rings (SSSR count). The average Bonchev–Trinajstić information content (AvgIpc) is 2.20. The van der Waals surface area contributed by atoms with Crippen LogP contribution in [0, 0.1) is 0 Å². The Kier molecular flexibility index (Phi) is 4.64. The Morgan fingerprint density at radius 2 is 2.19 bits per heavy atom. The molecule has 0 aliphatic carbocycles. The molecule has 88 valence electrons. The molecular weight excluding hydrogens is 208 g/mol. The van der Waals surface area contributed by atoms with Crippen LogP contribution in [0.1, 0.15) is 25.3 Å². The molecule has 16 heavy (non-hydrogen) atoms. The number of hydrogen-bond acceptors (Lipinski definition) is 3. The SMILES string of the molecule is CCCCOc1ccc(CC(=O)O)cc1O. The maximum Gasteiger partial charge on any atom is 0.307 e. The van der Waals surface area contributed by atoms with Gasteiger partial charge in [0.1, 0.15) is 0 Å². The van der Waals surface area contributed by atoms with Crippen molar-refractivity contribution >= 4 is 5.97 Å². The van der Waals surface area contributed by atoms with E-state index < -0.39 is 5.97 Å². The van der Waals surface area contributed by atoms with Crippen LogP contribution in [0.4, 0.5) is 0 Å². The summed E-state index contributed by atoms with van der Waals surface area (Å²) in [5.41, 5.74) is 0.563. The van der Waals surface area contributed by atoms with Gasteiger partial charge in [0.25, 0.3) is 0 Å². The van der Waals surface area contributed by atoms with Crippen molar-refractivity contribution in [2.75, 3.05) is 6.61 Å². The number of ether oxygens (including phenoxy) is 1. The molecule has 0 aliphatic rings. The molecule has 1 aromatic rings. The number of benzene rings is 1. The number of phenols is 1. The summed E-state index contributed by atoms with van der Waals surface area (Å²) in [5.74, 6) is -0.517. The van der Waals surface area contributed by atoms with E-state index in [-0.39, 0.29) is 12.2 Å². The van der Waals surface area contributed by atoms with E-state index in [1.807, 2.05) is 0 Å². The summed E-state index contributed by atoms with van der Waals surface area (Å²) in [6.45, 7) is 2.61. The van der Waals surface area contributed by atoms with E-state index >= 15 is 0 Å². The van der Waals surface area contributed by atoms with Crippen molar-refractivity contribution in [3.05, 3.63) is 23.8 Å². The van der Waals surface area contributed by atoms with Crippen LogP contribution < -0.4 is 4.74 Å². The molecule has 0 atom stereocenters. The number of carboxylic acid groups (broad SMARTS) is 1. The Morgan fingerprint density at radius 3 is 2.75 bits per heavy atom. The number of unbranched alkanes of at least 4 members (excludes halogenated alkanes) is 1. The van der Waals surface area contributed by atoms with Crippen LogP contribution in [0.15, 0.2) is 18.2 Å². The number of carboxylic acids is 1. The molecular formula is C12H16O4. The Bertz CT molecular complexity index is 360. The number of aliphatic carboxylic acids is 1. The van der Waals surface area contributed by atoms with E-state index in [1.54, 1.807) is 12.1 Å². The minimum absolute atomic E-state index is 0.00477. The fourth-order valence-corrected chi connectivity index (χ4v) is 1.30. The van der Waals surface area contributed by atoms with Gasteiger partial charge >= 0.3 is 5.97 Å². The molecule has 0 fully saturated rings. The first kappa shape index (κ1) is 12.4. The van der Waals surface area contributed by atoms with E-state index in [1.165, 1.54) is 6.07 Å². The zero-order chi connectivity index (χ0) is 12.0. The molecule has 1 aromatic carbocycles. The lowest BCUT2D eigenvalue weighted by atomic mass is 10.1. The summed E-state index contributed by atoms with van der Waals surface area (Å²) in [6, 6.07) is 4.67. The highest BCUT2D eigenvalue weighted by molar-refractivity contribution is 5.70. The molecule has 0 heterocycles. The lowest BCUT2D eigenvalue weighted by molar-refractivity contribution is -0.136. The minimum atomic E-state index is -0.918. The highest BCUT2D eigenvalue weighted by atomic mass is 16.5. The standard InChI is InChI=1S/C12H16O4/c1-2-3-6-16-11-5-4-9(7-10(11)13)8-12(14)15/h4-5,7,13H,2-3,6,8H2,1H3,(H,14,15). The summed E-state index contributed by atoms with van der Waals surface area (Å²) in [6.07, 6.45) is 1.86. The quantitative estimate of drug-likeness (QED) is 0.727. The van der Waals surface area contributed by atoms with Crippen LogP contribution in [-0.4, -0.2) is 22.8 Å². The van der Waals surface area contributed by atoms with Crippen molar-refractivity contribution in [3.63, 3.8) is 0 Å². The molecule has 4 nitrogen and oxygen atoms in total. The molecule has 0 aliphatic heterocycles. The van der Waals surface area contributed by atoms with E-state index in [9.17, 15) is 9.90 Å². The highest BCUT2D eigenvalue weighted by Gasteiger charge is 2.06. The lowest BCUT2D eigenvalue weighted by Gasteiger charge is -2.08. The normalized spacial score (nSPS) is 10.1. The van der Waals surface area contributed by atoms with Gasteiger partial charge in [-0.15, -0.1) is 0 Å². The molecule has 0 saturated carbocycles. The maximum atomic E-state index is 10.5. The van der Waals surface area contributed by atoms with Gasteiger partial charge in [-0.1, -0.05) is 19.4 Å². The Labute approximate surface area is 94.5 Å². The minimum Gasteiger partial charge on any atom is -0.504 e. The number of rotatable bonds is 6. The number of carbonyl (C=O) groups is 1. The fraction of sp³-hybridized carbons (Fsp3) is 0.417. The van der Waals surface area contributed by atoms with Gasteiger partial charge in [0.05, 0.1) is 13.0 Å². The topological polar surface area (TPSA) is 66.8 Å². The van der Waals surface area contributed by atoms with Gasteiger partial charge in [0, 0.05) is 0 Å². The Balaban J connectivity index is 2.64.